The first-order valence-corrected chi connectivity index (χ1v) is 7.18. The Kier molecular flexibility index (Phi) is 4.58. The van der Waals surface area contributed by atoms with Crippen LogP contribution in [0.1, 0.15) is 61.7 Å². The van der Waals surface area contributed by atoms with Gasteiger partial charge in [0.25, 0.3) is 5.91 Å². The SMILES string of the molecule is CCC(CC)c1cc(C(=O)N2CCCC2CN)on1. The van der Waals surface area contributed by atoms with Crippen LogP contribution in [-0.2, 0) is 0 Å². The standard InChI is InChI=1S/C14H23N3O2/c1-3-10(4-2)12-8-13(19-16-12)14(18)17-7-5-6-11(17)9-15/h8,10-11H,3-7,9,15H2,1-2H3. The third kappa shape index (κ3) is 2.81. The van der Waals surface area contributed by atoms with E-state index in [-0.39, 0.29) is 11.9 Å². The highest BCUT2D eigenvalue weighted by molar-refractivity contribution is 5.91. The van der Waals surface area contributed by atoms with Gasteiger partial charge in [0.15, 0.2) is 0 Å². The third-order valence-corrected chi connectivity index (χ3v) is 4.05. The molecule has 1 aliphatic rings. The summed E-state index contributed by atoms with van der Waals surface area (Å²) in [7, 11) is 0. The summed E-state index contributed by atoms with van der Waals surface area (Å²) >= 11 is 0. The van der Waals surface area contributed by atoms with Gasteiger partial charge >= 0.3 is 0 Å². The van der Waals surface area contributed by atoms with E-state index in [4.69, 9.17) is 10.3 Å². The fraction of sp³-hybridized carbons (Fsp3) is 0.714. The monoisotopic (exact) mass is 265 g/mol. The van der Waals surface area contributed by atoms with Gasteiger partial charge in [0.2, 0.25) is 5.76 Å². The lowest BCUT2D eigenvalue weighted by Crippen LogP contribution is -2.39. The van der Waals surface area contributed by atoms with Gasteiger partial charge < -0.3 is 15.2 Å². The van der Waals surface area contributed by atoms with Crippen molar-refractivity contribution in [3.63, 3.8) is 0 Å². The summed E-state index contributed by atoms with van der Waals surface area (Å²) in [6, 6.07) is 1.94. The number of carbonyl (C=O) groups is 1. The molecule has 1 saturated heterocycles. The molecule has 1 unspecified atom stereocenters. The van der Waals surface area contributed by atoms with E-state index in [2.05, 4.69) is 19.0 Å². The lowest BCUT2D eigenvalue weighted by molar-refractivity contribution is 0.0699. The van der Waals surface area contributed by atoms with Crippen LogP contribution in [0.25, 0.3) is 0 Å². The molecule has 1 aromatic rings. The lowest BCUT2D eigenvalue weighted by Gasteiger charge is -2.21. The smallest absolute Gasteiger partial charge is 0.292 e. The minimum Gasteiger partial charge on any atom is -0.351 e. The molecule has 1 amide bonds. The number of likely N-dealkylation sites (tertiary alicyclic amines) is 1. The van der Waals surface area contributed by atoms with Crippen LogP contribution >= 0.6 is 0 Å². The highest BCUT2D eigenvalue weighted by Crippen LogP contribution is 2.24. The highest BCUT2D eigenvalue weighted by atomic mass is 16.5. The zero-order valence-corrected chi connectivity index (χ0v) is 11.8. The molecule has 0 saturated carbocycles. The van der Waals surface area contributed by atoms with E-state index in [1.807, 2.05) is 4.90 Å². The summed E-state index contributed by atoms with van der Waals surface area (Å²) in [5.41, 5.74) is 6.58. The van der Waals surface area contributed by atoms with E-state index in [9.17, 15) is 4.79 Å². The fourth-order valence-corrected chi connectivity index (χ4v) is 2.78. The molecule has 1 aromatic heterocycles. The van der Waals surface area contributed by atoms with Gasteiger partial charge in [-0.2, -0.15) is 0 Å². The molecule has 2 heterocycles. The molecule has 2 N–H and O–H groups in total. The maximum Gasteiger partial charge on any atom is 0.292 e. The van der Waals surface area contributed by atoms with Crippen molar-refractivity contribution >= 4 is 5.91 Å². The van der Waals surface area contributed by atoms with Crippen molar-refractivity contribution < 1.29 is 9.32 Å². The highest BCUT2D eigenvalue weighted by Gasteiger charge is 2.30. The molecule has 1 atom stereocenters. The van der Waals surface area contributed by atoms with Crippen LogP contribution in [-0.4, -0.2) is 35.1 Å². The Morgan fingerprint density at radius 3 is 2.95 bits per heavy atom. The van der Waals surface area contributed by atoms with E-state index < -0.39 is 0 Å². The predicted molar refractivity (Wildman–Crippen MR) is 72.9 cm³/mol. The first-order chi connectivity index (χ1) is 9.21. The van der Waals surface area contributed by atoms with Gasteiger partial charge in [-0.15, -0.1) is 0 Å². The van der Waals surface area contributed by atoms with Gasteiger partial charge in [-0.3, -0.25) is 4.79 Å². The average molecular weight is 265 g/mol. The van der Waals surface area contributed by atoms with Crippen molar-refractivity contribution in [2.45, 2.75) is 51.5 Å². The van der Waals surface area contributed by atoms with Crippen LogP contribution in [0.3, 0.4) is 0 Å². The van der Waals surface area contributed by atoms with Crippen molar-refractivity contribution in [3.8, 4) is 0 Å². The largest absolute Gasteiger partial charge is 0.351 e. The zero-order valence-electron chi connectivity index (χ0n) is 11.8. The molecule has 0 spiro atoms. The zero-order chi connectivity index (χ0) is 13.8. The molecule has 106 valence electrons. The number of hydrogen-bond acceptors (Lipinski definition) is 4. The Hall–Kier alpha value is -1.36. The number of amides is 1. The molecule has 1 aliphatic heterocycles. The Morgan fingerprint density at radius 1 is 1.58 bits per heavy atom. The molecule has 0 aromatic carbocycles. The Labute approximate surface area is 114 Å². The molecule has 19 heavy (non-hydrogen) atoms. The van der Waals surface area contributed by atoms with Crippen LogP contribution in [0.15, 0.2) is 10.6 Å². The minimum absolute atomic E-state index is 0.0716. The average Bonchev–Trinajstić information content (AvgIpc) is 3.08. The van der Waals surface area contributed by atoms with Gasteiger partial charge in [-0.25, -0.2) is 0 Å². The number of carbonyl (C=O) groups excluding carboxylic acids is 1. The second kappa shape index (κ2) is 6.19. The van der Waals surface area contributed by atoms with Gasteiger partial charge in [-0.1, -0.05) is 19.0 Å². The van der Waals surface area contributed by atoms with Crippen molar-refractivity contribution in [1.82, 2.24) is 10.1 Å². The van der Waals surface area contributed by atoms with E-state index >= 15 is 0 Å². The van der Waals surface area contributed by atoms with E-state index in [1.54, 1.807) is 6.07 Å². The van der Waals surface area contributed by atoms with Gasteiger partial charge in [0.1, 0.15) is 0 Å². The summed E-state index contributed by atoms with van der Waals surface area (Å²) in [5.74, 6) is 0.647. The van der Waals surface area contributed by atoms with Crippen molar-refractivity contribution in [2.75, 3.05) is 13.1 Å². The number of nitrogens with zero attached hydrogens (tertiary/aromatic N) is 2. The number of aromatic nitrogens is 1. The van der Waals surface area contributed by atoms with Gasteiger partial charge in [0.05, 0.1) is 5.69 Å². The minimum atomic E-state index is -0.0716. The Bertz CT molecular complexity index is 426. The predicted octanol–water partition coefficient (Wildman–Crippen LogP) is 2.14. The van der Waals surface area contributed by atoms with Crippen LogP contribution in [0.5, 0.6) is 0 Å². The second-order valence-corrected chi connectivity index (χ2v) is 5.16. The fourth-order valence-electron chi connectivity index (χ4n) is 2.78. The summed E-state index contributed by atoms with van der Waals surface area (Å²) in [5, 5.41) is 4.05. The molecule has 0 bridgehead atoms. The lowest BCUT2D eigenvalue weighted by atomic mass is 9.99. The normalized spacial score (nSPS) is 19.4. The van der Waals surface area contributed by atoms with Gasteiger partial charge in [-0.05, 0) is 25.7 Å². The van der Waals surface area contributed by atoms with Crippen LogP contribution in [0.2, 0.25) is 0 Å². The van der Waals surface area contributed by atoms with E-state index in [1.165, 1.54) is 0 Å². The molecule has 0 aliphatic carbocycles. The number of rotatable bonds is 5. The van der Waals surface area contributed by atoms with E-state index in [0.717, 1.165) is 37.9 Å². The van der Waals surface area contributed by atoms with E-state index in [0.29, 0.717) is 18.2 Å². The molecule has 1 fully saturated rings. The molecular formula is C14H23N3O2. The molecule has 2 rings (SSSR count). The van der Waals surface area contributed by atoms with Crippen LogP contribution in [0, 0.1) is 0 Å². The van der Waals surface area contributed by atoms with Crippen molar-refractivity contribution in [2.24, 2.45) is 5.73 Å². The number of nitrogens with two attached hydrogens (primary N) is 1. The second-order valence-electron chi connectivity index (χ2n) is 5.16. The first kappa shape index (κ1) is 14.1. The van der Waals surface area contributed by atoms with Crippen LogP contribution < -0.4 is 5.73 Å². The topological polar surface area (TPSA) is 72.4 Å². The molecule has 5 nitrogen and oxygen atoms in total. The Morgan fingerprint density at radius 2 is 2.32 bits per heavy atom. The third-order valence-electron chi connectivity index (χ3n) is 4.05. The maximum absolute atomic E-state index is 12.4. The van der Waals surface area contributed by atoms with Crippen molar-refractivity contribution in [3.05, 3.63) is 17.5 Å². The summed E-state index contributed by atoms with van der Waals surface area (Å²) in [6.07, 6.45) is 4.01. The van der Waals surface area contributed by atoms with Gasteiger partial charge in [0, 0.05) is 31.1 Å². The first-order valence-electron chi connectivity index (χ1n) is 7.18. The summed E-state index contributed by atoms with van der Waals surface area (Å²) < 4.78 is 5.23. The Balaban J connectivity index is 2.11. The summed E-state index contributed by atoms with van der Waals surface area (Å²) in [6.45, 7) is 5.52. The summed E-state index contributed by atoms with van der Waals surface area (Å²) in [4.78, 5) is 14.2. The van der Waals surface area contributed by atoms with Crippen molar-refractivity contribution in [1.29, 1.82) is 0 Å². The number of hydrogen-bond donors (Lipinski definition) is 1. The molecular weight excluding hydrogens is 242 g/mol. The molecule has 0 radical (unpaired) electrons. The maximum atomic E-state index is 12.4. The van der Waals surface area contributed by atoms with Crippen LogP contribution in [0.4, 0.5) is 0 Å². The quantitative estimate of drug-likeness (QED) is 0.885. The molecule has 5 heteroatoms.